The maximum absolute atomic E-state index is 12.2. The summed E-state index contributed by atoms with van der Waals surface area (Å²) in [7, 11) is 0. The number of nitrogens with zero attached hydrogens (tertiary/aromatic N) is 1. The summed E-state index contributed by atoms with van der Waals surface area (Å²) in [5.41, 5.74) is 1.32. The molecule has 3 aliphatic rings. The number of aliphatic hydroxyl groups is 2. The maximum Gasteiger partial charge on any atom is 0.311 e. The molecule has 6 atom stereocenters. The van der Waals surface area contributed by atoms with Crippen LogP contribution in [0.25, 0.3) is 0 Å². The predicted octanol–water partition coefficient (Wildman–Crippen LogP) is 3.39. The van der Waals surface area contributed by atoms with Crippen LogP contribution in [0.15, 0.2) is 28.8 Å². The highest BCUT2D eigenvalue weighted by Crippen LogP contribution is 2.45. The molecule has 174 valence electrons. The number of hydrogen-bond acceptors (Lipinski definition) is 5. The van der Waals surface area contributed by atoms with Crippen LogP contribution in [-0.2, 0) is 9.53 Å². The summed E-state index contributed by atoms with van der Waals surface area (Å²) in [6.45, 7) is 9.45. The maximum atomic E-state index is 12.2. The van der Waals surface area contributed by atoms with Gasteiger partial charge in [0.2, 0.25) is 0 Å². The standard InChI is InChI=1S/C25H40N2O4/c1-5-31-24(30)21-14-22(27-16(21)2)26-15-25(3,4)23(17-6-10-19(28)11-7-17)18-8-12-20(29)13-9-18/h6,8,10,16-17,19-21,23,28-29H,5,7,9,11-15H2,1-4H3,(H,26,27). The van der Waals surface area contributed by atoms with Crippen LogP contribution in [0.2, 0.25) is 0 Å². The summed E-state index contributed by atoms with van der Waals surface area (Å²) < 4.78 is 5.21. The van der Waals surface area contributed by atoms with E-state index < -0.39 is 0 Å². The van der Waals surface area contributed by atoms with Crippen molar-refractivity contribution in [3.63, 3.8) is 0 Å². The zero-order valence-electron chi connectivity index (χ0n) is 19.5. The summed E-state index contributed by atoms with van der Waals surface area (Å²) >= 11 is 0. The minimum Gasteiger partial charge on any atom is -0.466 e. The quantitative estimate of drug-likeness (QED) is 0.424. The van der Waals surface area contributed by atoms with E-state index in [2.05, 4.69) is 31.3 Å². The van der Waals surface area contributed by atoms with Gasteiger partial charge in [0.25, 0.3) is 0 Å². The van der Waals surface area contributed by atoms with Gasteiger partial charge in [-0.25, -0.2) is 0 Å². The van der Waals surface area contributed by atoms with Gasteiger partial charge in [-0.05, 0) is 63.2 Å². The number of carbonyl (C=O) groups excluding carboxylic acids is 1. The third-order valence-electron chi connectivity index (χ3n) is 7.14. The third-order valence-corrected chi connectivity index (χ3v) is 7.14. The minimum absolute atomic E-state index is 0.0296. The van der Waals surface area contributed by atoms with Crippen molar-refractivity contribution < 1.29 is 19.7 Å². The van der Waals surface area contributed by atoms with Gasteiger partial charge in [0.05, 0.1) is 30.6 Å². The summed E-state index contributed by atoms with van der Waals surface area (Å²) in [6, 6.07) is 0.0296. The summed E-state index contributed by atoms with van der Waals surface area (Å²) in [6.07, 6.45) is 10.6. The lowest BCUT2D eigenvalue weighted by molar-refractivity contribution is -0.148. The van der Waals surface area contributed by atoms with Crippen molar-refractivity contribution in [1.29, 1.82) is 0 Å². The van der Waals surface area contributed by atoms with Crippen molar-refractivity contribution >= 4 is 11.8 Å². The Balaban J connectivity index is 1.76. The molecule has 1 heterocycles. The van der Waals surface area contributed by atoms with Gasteiger partial charge in [-0.1, -0.05) is 37.6 Å². The fourth-order valence-electron chi connectivity index (χ4n) is 5.44. The molecule has 3 rings (SSSR count). The highest BCUT2D eigenvalue weighted by atomic mass is 16.5. The Bertz CT molecular complexity index is 727. The van der Waals surface area contributed by atoms with Gasteiger partial charge < -0.3 is 20.3 Å². The molecule has 2 aliphatic carbocycles. The lowest BCUT2D eigenvalue weighted by atomic mass is 9.64. The molecule has 0 aromatic carbocycles. The topological polar surface area (TPSA) is 91.2 Å². The molecule has 6 unspecified atom stereocenters. The van der Waals surface area contributed by atoms with Crippen molar-refractivity contribution in [2.45, 2.75) is 84.5 Å². The van der Waals surface area contributed by atoms with Crippen LogP contribution in [0.4, 0.5) is 0 Å². The van der Waals surface area contributed by atoms with Crippen molar-refractivity contribution in [3.05, 3.63) is 23.8 Å². The molecule has 0 radical (unpaired) electrons. The van der Waals surface area contributed by atoms with E-state index in [0.717, 1.165) is 37.9 Å². The number of ether oxygens (including phenoxy) is 1. The van der Waals surface area contributed by atoms with Crippen LogP contribution in [0.3, 0.4) is 0 Å². The molecule has 31 heavy (non-hydrogen) atoms. The average Bonchev–Trinajstić information content (AvgIpc) is 3.10. The van der Waals surface area contributed by atoms with Crippen LogP contribution >= 0.6 is 0 Å². The molecule has 0 bridgehead atoms. The van der Waals surface area contributed by atoms with E-state index in [1.807, 2.05) is 19.9 Å². The molecule has 0 spiro atoms. The lowest BCUT2D eigenvalue weighted by Crippen LogP contribution is -2.37. The van der Waals surface area contributed by atoms with Gasteiger partial charge in [0.15, 0.2) is 0 Å². The highest BCUT2D eigenvalue weighted by molar-refractivity contribution is 5.91. The van der Waals surface area contributed by atoms with E-state index in [0.29, 0.717) is 31.4 Å². The van der Waals surface area contributed by atoms with Crippen molar-refractivity contribution in [2.75, 3.05) is 13.2 Å². The molecule has 0 amide bonds. The number of aliphatic hydroxyl groups excluding tert-OH is 2. The second-order valence-corrected chi connectivity index (χ2v) is 10.1. The van der Waals surface area contributed by atoms with Crippen molar-refractivity contribution in [2.24, 2.45) is 28.2 Å². The molecular formula is C25H40N2O4. The molecule has 1 fully saturated rings. The lowest BCUT2D eigenvalue weighted by Gasteiger charge is -2.42. The minimum atomic E-state index is -0.341. The van der Waals surface area contributed by atoms with Gasteiger partial charge in [-0.15, -0.1) is 0 Å². The Hall–Kier alpha value is -1.66. The largest absolute Gasteiger partial charge is 0.466 e. The molecule has 3 N–H and O–H groups in total. The smallest absolute Gasteiger partial charge is 0.311 e. The van der Waals surface area contributed by atoms with Gasteiger partial charge >= 0.3 is 5.97 Å². The number of nitrogens with one attached hydrogen (secondary N) is 1. The number of allylic oxidation sites excluding steroid dienone is 2. The SMILES string of the molecule is CCOC(=O)C1CC(=NCC(C)(C)C(C2=CCC(O)CC2)C2C=CC(O)CC2)NC1C. The zero-order valence-corrected chi connectivity index (χ0v) is 19.5. The first kappa shape index (κ1) is 24.0. The van der Waals surface area contributed by atoms with Crippen molar-refractivity contribution in [1.82, 2.24) is 5.32 Å². The highest BCUT2D eigenvalue weighted by Gasteiger charge is 2.40. The van der Waals surface area contributed by atoms with E-state index >= 15 is 0 Å². The van der Waals surface area contributed by atoms with Crippen LogP contribution in [0, 0.1) is 23.2 Å². The van der Waals surface area contributed by atoms with Crippen LogP contribution in [0.5, 0.6) is 0 Å². The van der Waals surface area contributed by atoms with E-state index in [9.17, 15) is 15.0 Å². The fourth-order valence-corrected chi connectivity index (χ4v) is 5.44. The van der Waals surface area contributed by atoms with Gasteiger partial charge in [-0.3, -0.25) is 9.79 Å². The summed E-state index contributed by atoms with van der Waals surface area (Å²) in [4.78, 5) is 17.1. The van der Waals surface area contributed by atoms with Gasteiger partial charge in [0, 0.05) is 19.0 Å². The van der Waals surface area contributed by atoms with Crippen LogP contribution in [-0.4, -0.2) is 53.4 Å². The van der Waals surface area contributed by atoms with E-state index in [4.69, 9.17) is 9.73 Å². The average molecular weight is 433 g/mol. The normalized spacial score (nSPS) is 33.7. The molecule has 1 aliphatic heterocycles. The number of carbonyl (C=O) groups is 1. The molecular weight excluding hydrogens is 392 g/mol. The summed E-state index contributed by atoms with van der Waals surface area (Å²) in [5.74, 6) is 1.24. The first-order valence-electron chi connectivity index (χ1n) is 11.9. The van der Waals surface area contributed by atoms with Gasteiger partial charge in [0.1, 0.15) is 0 Å². The first-order chi connectivity index (χ1) is 14.7. The zero-order chi connectivity index (χ0) is 22.6. The number of aliphatic imine (C=N–C) groups is 1. The molecule has 1 saturated heterocycles. The Morgan fingerprint density at radius 1 is 1.29 bits per heavy atom. The Morgan fingerprint density at radius 2 is 2.06 bits per heavy atom. The van der Waals surface area contributed by atoms with Crippen molar-refractivity contribution in [3.8, 4) is 0 Å². The number of esters is 1. The van der Waals surface area contributed by atoms with E-state index in [-0.39, 0.29) is 35.6 Å². The second kappa shape index (κ2) is 10.3. The third kappa shape index (κ3) is 5.98. The first-order valence-corrected chi connectivity index (χ1v) is 11.9. The van der Waals surface area contributed by atoms with Gasteiger partial charge in [-0.2, -0.15) is 0 Å². The van der Waals surface area contributed by atoms with Crippen LogP contribution in [0.1, 0.15) is 66.2 Å². The molecule has 6 nitrogen and oxygen atoms in total. The van der Waals surface area contributed by atoms with Crippen LogP contribution < -0.4 is 5.32 Å². The Kier molecular flexibility index (Phi) is 7.98. The number of rotatable bonds is 7. The number of hydrogen-bond donors (Lipinski definition) is 3. The van der Waals surface area contributed by atoms with E-state index in [1.54, 1.807) is 0 Å². The Morgan fingerprint density at radius 3 is 2.68 bits per heavy atom. The molecule has 0 aromatic heterocycles. The molecule has 6 heteroatoms. The van der Waals surface area contributed by atoms with E-state index in [1.165, 1.54) is 5.57 Å². The second-order valence-electron chi connectivity index (χ2n) is 10.1. The monoisotopic (exact) mass is 432 g/mol. The predicted molar refractivity (Wildman–Crippen MR) is 123 cm³/mol. The Labute approximate surface area is 186 Å². The summed E-state index contributed by atoms with van der Waals surface area (Å²) in [5, 5.41) is 23.3. The number of amidine groups is 1. The molecule has 0 saturated carbocycles. The fraction of sp³-hybridized carbons (Fsp3) is 0.760. The molecule has 0 aromatic rings.